The summed E-state index contributed by atoms with van der Waals surface area (Å²) in [7, 11) is 3.59. The van der Waals surface area contributed by atoms with Crippen molar-refractivity contribution in [2.75, 3.05) is 34.9 Å². The molecule has 0 spiro atoms. The van der Waals surface area contributed by atoms with Gasteiger partial charge in [-0.1, -0.05) is 91.0 Å². The van der Waals surface area contributed by atoms with E-state index in [0.717, 1.165) is 36.6 Å². The summed E-state index contributed by atoms with van der Waals surface area (Å²) >= 11 is 0. The van der Waals surface area contributed by atoms with Gasteiger partial charge >= 0.3 is 18.0 Å². The molecule has 1 N–H and O–H groups in total. The molecule has 1 amide bonds. The summed E-state index contributed by atoms with van der Waals surface area (Å²) in [5, 5.41) is 9.53. The SMILES string of the molecule is CN(C)C(=O)Oc1ccc[n+](C)c1COC(=O)C(C)(c1ccccc1)c1ccccc1.CN1C2CCC1CC(OC(=O)C(CO)c1ccccc1)C2.COS(=O)(=O)[O-]. The molecule has 3 aromatic carbocycles. The summed E-state index contributed by atoms with van der Waals surface area (Å²) in [5.74, 6) is -0.905. The third kappa shape index (κ3) is 12.2. The number of ether oxygens (including phenoxy) is 3. The standard InChI is InChI=1S/C25H27N2O4.C17H23NO3.CH4O4S/c1-25(19-12-7-5-8-13-19,20-14-9-6-10-15-20)23(28)30-18-21-22(16-11-17-27(21)4)31-24(29)26(2)3;1-18-13-7-8-14(18)10-15(9-13)21-17(20)16(11-19)12-5-3-2-4-6-12;1-5-6(2,3)4/h5-17H,18H2,1-4H3;2-6,13-16,19H,7-11H2,1H3;1H3,(H,2,3,4)/q+1;;/p-1. The van der Waals surface area contributed by atoms with Gasteiger partial charge in [0.2, 0.25) is 16.1 Å². The molecule has 3 atom stereocenters. The molecule has 3 unspecified atom stereocenters. The molecular weight excluding hydrogens is 767 g/mol. The number of piperidine rings is 1. The summed E-state index contributed by atoms with van der Waals surface area (Å²) < 4.78 is 49.7. The first-order valence-electron chi connectivity index (χ1n) is 18.8. The Morgan fingerprint density at radius 2 is 1.40 bits per heavy atom. The molecule has 2 aliphatic heterocycles. The monoisotopic (exact) mass is 819 g/mol. The fourth-order valence-electron chi connectivity index (χ4n) is 7.00. The van der Waals surface area contributed by atoms with Crippen molar-refractivity contribution < 1.29 is 55.4 Å². The van der Waals surface area contributed by atoms with Crippen LogP contribution in [0.4, 0.5) is 4.79 Å². The molecular formula is C43H53N3O11S. The van der Waals surface area contributed by atoms with Crippen LogP contribution >= 0.6 is 0 Å². The van der Waals surface area contributed by atoms with Gasteiger partial charge in [0.25, 0.3) is 5.69 Å². The summed E-state index contributed by atoms with van der Waals surface area (Å²) in [5.41, 5.74) is 2.08. The van der Waals surface area contributed by atoms with Crippen molar-refractivity contribution in [1.29, 1.82) is 0 Å². The van der Waals surface area contributed by atoms with Gasteiger partial charge in [-0.05, 0) is 62.4 Å². The third-order valence-corrected chi connectivity index (χ3v) is 10.9. The van der Waals surface area contributed by atoms with Crippen LogP contribution in [0.15, 0.2) is 109 Å². The van der Waals surface area contributed by atoms with Gasteiger partial charge in [-0.25, -0.2) is 13.2 Å². The predicted molar refractivity (Wildman–Crippen MR) is 213 cm³/mol. The molecule has 0 saturated carbocycles. The summed E-state index contributed by atoms with van der Waals surface area (Å²) in [6.07, 6.45) is 5.57. The Morgan fingerprint density at radius 1 is 0.897 bits per heavy atom. The Kier molecular flexibility index (Phi) is 16.5. The number of carbonyl (C=O) groups excluding carboxylic acids is 3. The minimum absolute atomic E-state index is 0.00367. The van der Waals surface area contributed by atoms with Gasteiger partial charge in [0.1, 0.15) is 24.5 Å². The highest BCUT2D eigenvalue weighted by Gasteiger charge is 2.41. The zero-order valence-corrected chi connectivity index (χ0v) is 34.5. The first kappa shape index (κ1) is 45.5. The quantitative estimate of drug-likeness (QED) is 0.0962. The van der Waals surface area contributed by atoms with Crippen molar-refractivity contribution in [1.82, 2.24) is 9.80 Å². The zero-order chi connectivity index (χ0) is 42.5. The average molecular weight is 820 g/mol. The number of pyridine rings is 1. The van der Waals surface area contributed by atoms with Crippen LogP contribution in [0, 0.1) is 0 Å². The molecule has 0 radical (unpaired) electrons. The van der Waals surface area contributed by atoms with Gasteiger partial charge in [0.05, 0.1) is 13.7 Å². The number of hydrogen-bond donors (Lipinski definition) is 1. The lowest BCUT2D eigenvalue weighted by Gasteiger charge is -2.36. The highest BCUT2D eigenvalue weighted by molar-refractivity contribution is 7.80. The molecule has 2 aliphatic rings. The molecule has 1 aromatic heterocycles. The second kappa shape index (κ2) is 21.0. The van der Waals surface area contributed by atoms with Crippen LogP contribution in [-0.4, -0.2) is 99.0 Å². The number of aromatic nitrogens is 1. The van der Waals surface area contributed by atoms with Crippen LogP contribution in [0.25, 0.3) is 0 Å². The normalized spacial score (nSPS) is 18.0. The number of fused-ring (bicyclic) bond motifs is 2. The smallest absolute Gasteiger partial charge is 0.414 e. The molecule has 58 heavy (non-hydrogen) atoms. The Hall–Kier alpha value is -5.19. The maximum absolute atomic E-state index is 13.4. The number of aliphatic hydroxyl groups is 1. The summed E-state index contributed by atoms with van der Waals surface area (Å²) in [4.78, 5) is 41.6. The van der Waals surface area contributed by atoms with Gasteiger partial charge < -0.3 is 33.7 Å². The van der Waals surface area contributed by atoms with Crippen molar-refractivity contribution in [2.45, 2.75) is 68.7 Å². The van der Waals surface area contributed by atoms with E-state index in [-0.39, 0.29) is 25.3 Å². The lowest BCUT2D eigenvalue weighted by atomic mass is 9.76. The molecule has 3 heterocycles. The topological polar surface area (TPSA) is 176 Å². The molecule has 2 bridgehead atoms. The maximum atomic E-state index is 13.4. The fourth-order valence-corrected chi connectivity index (χ4v) is 7.00. The van der Waals surface area contributed by atoms with Crippen LogP contribution < -0.4 is 9.30 Å². The Morgan fingerprint density at radius 3 is 1.86 bits per heavy atom. The number of benzene rings is 3. The van der Waals surface area contributed by atoms with Gasteiger partial charge in [-0.15, -0.1) is 0 Å². The summed E-state index contributed by atoms with van der Waals surface area (Å²) in [6, 6.07) is 33.0. The van der Waals surface area contributed by atoms with Gasteiger partial charge in [-0.3, -0.25) is 13.8 Å². The minimum Gasteiger partial charge on any atom is -0.726 e. The van der Waals surface area contributed by atoms with Crippen molar-refractivity contribution in [2.24, 2.45) is 7.05 Å². The molecule has 0 aliphatic carbocycles. The van der Waals surface area contributed by atoms with Crippen molar-refractivity contribution in [3.05, 3.63) is 132 Å². The summed E-state index contributed by atoms with van der Waals surface area (Å²) in [6.45, 7) is 1.61. The molecule has 14 nitrogen and oxygen atoms in total. The van der Waals surface area contributed by atoms with Gasteiger partial charge in [-0.2, -0.15) is 4.57 Å². The second-order valence-electron chi connectivity index (χ2n) is 14.4. The predicted octanol–water partition coefficient (Wildman–Crippen LogP) is 4.64. The average Bonchev–Trinajstić information content (AvgIpc) is 3.40. The van der Waals surface area contributed by atoms with Crippen LogP contribution in [0.1, 0.15) is 60.9 Å². The van der Waals surface area contributed by atoms with Crippen LogP contribution in [0.2, 0.25) is 0 Å². The Balaban J connectivity index is 0.000000237. The number of aryl methyl sites for hydroxylation is 1. The number of aliphatic hydroxyl groups excluding tert-OH is 1. The minimum atomic E-state index is -4.41. The molecule has 15 heteroatoms. The maximum Gasteiger partial charge on any atom is 0.414 e. The third-order valence-electron chi connectivity index (χ3n) is 10.5. The number of rotatable bonds is 11. The van der Waals surface area contributed by atoms with E-state index in [1.54, 1.807) is 30.8 Å². The second-order valence-corrected chi connectivity index (χ2v) is 15.6. The molecule has 6 rings (SSSR count). The largest absolute Gasteiger partial charge is 0.726 e. The van der Waals surface area contributed by atoms with Crippen molar-refractivity contribution in [3.8, 4) is 5.75 Å². The van der Waals surface area contributed by atoms with E-state index in [1.165, 1.54) is 17.7 Å². The van der Waals surface area contributed by atoms with Crippen molar-refractivity contribution >= 4 is 28.4 Å². The lowest BCUT2D eigenvalue weighted by Crippen LogP contribution is -2.43. The fraction of sp³-hybridized carbons (Fsp3) is 0.395. The van der Waals surface area contributed by atoms with E-state index >= 15 is 0 Å². The van der Waals surface area contributed by atoms with E-state index in [0.29, 0.717) is 23.5 Å². The van der Waals surface area contributed by atoms with E-state index in [4.69, 9.17) is 14.2 Å². The highest BCUT2D eigenvalue weighted by Crippen LogP contribution is 2.36. The number of nitrogens with zero attached hydrogens (tertiary/aromatic N) is 3. The highest BCUT2D eigenvalue weighted by atomic mass is 32.3. The number of esters is 2. The number of amides is 1. The first-order chi connectivity index (χ1) is 27.6. The molecule has 312 valence electrons. The molecule has 4 aromatic rings. The van der Waals surface area contributed by atoms with E-state index < -0.39 is 33.8 Å². The van der Waals surface area contributed by atoms with Crippen LogP contribution in [-0.2, 0) is 52.7 Å². The van der Waals surface area contributed by atoms with Crippen molar-refractivity contribution in [3.63, 3.8) is 0 Å². The first-order valence-corrected chi connectivity index (χ1v) is 20.2. The Bertz CT molecular complexity index is 2000. The molecule has 2 saturated heterocycles. The van der Waals surface area contributed by atoms with E-state index in [2.05, 4.69) is 16.1 Å². The Labute approximate surface area is 340 Å². The van der Waals surface area contributed by atoms with Crippen LogP contribution in [0.5, 0.6) is 5.75 Å². The lowest BCUT2D eigenvalue weighted by molar-refractivity contribution is -0.681. The van der Waals surface area contributed by atoms with E-state index in [9.17, 15) is 32.5 Å². The van der Waals surface area contributed by atoms with E-state index in [1.807, 2.05) is 111 Å². The van der Waals surface area contributed by atoms with Crippen LogP contribution in [0.3, 0.4) is 0 Å². The number of carbonyl (C=O) groups is 3. The number of hydrogen-bond acceptors (Lipinski definition) is 12. The van der Waals surface area contributed by atoms with Gasteiger partial charge in [0.15, 0.2) is 12.8 Å². The molecule has 2 fully saturated rings. The zero-order valence-electron chi connectivity index (χ0n) is 33.7. The van der Waals surface area contributed by atoms with Gasteiger partial charge in [0, 0.05) is 32.2 Å².